The number of rotatable bonds is 8. The molecule has 0 aliphatic rings. The first kappa shape index (κ1) is 15.3. The van der Waals surface area contributed by atoms with Crippen LogP contribution in [-0.2, 0) is 9.53 Å². The number of hydrogen-bond acceptors (Lipinski definition) is 5. The van der Waals surface area contributed by atoms with Crippen LogP contribution in [0.25, 0.3) is 11.0 Å². The molecule has 0 bridgehead atoms. The van der Waals surface area contributed by atoms with Gasteiger partial charge in [-0.25, -0.2) is 4.98 Å². The Kier molecular flexibility index (Phi) is 5.54. The van der Waals surface area contributed by atoms with Crippen molar-refractivity contribution in [2.45, 2.75) is 39.5 Å². The van der Waals surface area contributed by atoms with Crippen molar-refractivity contribution >= 4 is 22.7 Å². The quantitative estimate of drug-likeness (QED) is 0.577. The van der Waals surface area contributed by atoms with Gasteiger partial charge in [-0.05, 0) is 25.8 Å². The lowest BCUT2D eigenvalue weighted by molar-refractivity contribution is -0.143. The predicted molar refractivity (Wildman–Crippen MR) is 82.2 cm³/mol. The molecule has 0 fully saturated rings. The van der Waals surface area contributed by atoms with E-state index in [1.165, 1.54) is 0 Å². The molecule has 0 aromatic carbocycles. The fourth-order valence-corrected chi connectivity index (χ4v) is 2.08. The zero-order valence-corrected chi connectivity index (χ0v) is 12.6. The van der Waals surface area contributed by atoms with Gasteiger partial charge >= 0.3 is 5.97 Å². The summed E-state index contributed by atoms with van der Waals surface area (Å²) in [5.74, 6) is -0.104. The highest BCUT2D eigenvalue weighted by molar-refractivity contribution is 5.87. The maximum absolute atomic E-state index is 11.4. The Hall–Kier alpha value is -2.11. The Morgan fingerprint density at radius 1 is 1.43 bits per heavy atom. The van der Waals surface area contributed by atoms with Gasteiger partial charge in [-0.15, -0.1) is 0 Å². The SMILES string of the molecule is CCCCC(=O)OCCCNc1cc(C)nc2cn[nH]c12. The molecule has 21 heavy (non-hydrogen) atoms. The van der Waals surface area contributed by atoms with Gasteiger partial charge in [-0.3, -0.25) is 9.89 Å². The zero-order chi connectivity index (χ0) is 15.1. The monoisotopic (exact) mass is 290 g/mol. The Labute approximate surface area is 124 Å². The number of aryl methyl sites for hydroxylation is 1. The van der Waals surface area contributed by atoms with Crippen molar-refractivity contribution in [1.29, 1.82) is 0 Å². The molecule has 2 aromatic rings. The number of hydrogen-bond donors (Lipinski definition) is 2. The lowest BCUT2D eigenvalue weighted by Gasteiger charge is -2.08. The molecule has 2 N–H and O–H groups in total. The molecule has 6 nitrogen and oxygen atoms in total. The number of ether oxygens (including phenoxy) is 1. The number of carbonyl (C=O) groups is 1. The molecule has 0 unspecified atom stereocenters. The molecule has 0 amide bonds. The highest BCUT2D eigenvalue weighted by Gasteiger charge is 2.05. The summed E-state index contributed by atoms with van der Waals surface area (Å²) in [5.41, 5.74) is 3.67. The Morgan fingerprint density at radius 2 is 2.29 bits per heavy atom. The van der Waals surface area contributed by atoms with E-state index in [9.17, 15) is 4.79 Å². The predicted octanol–water partition coefficient (Wildman–Crippen LogP) is 2.80. The van der Waals surface area contributed by atoms with Gasteiger partial charge in [0.15, 0.2) is 0 Å². The second-order valence-electron chi connectivity index (χ2n) is 5.05. The third-order valence-corrected chi connectivity index (χ3v) is 3.17. The Balaban J connectivity index is 1.75. The molecule has 0 saturated carbocycles. The maximum atomic E-state index is 11.4. The van der Waals surface area contributed by atoms with Crippen LogP contribution >= 0.6 is 0 Å². The highest BCUT2D eigenvalue weighted by atomic mass is 16.5. The average Bonchev–Trinajstić information content (AvgIpc) is 2.92. The van der Waals surface area contributed by atoms with Crippen LogP contribution in [0.15, 0.2) is 12.3 Å². The molecule has 2 heterocycles. The summed E-state index contributed by atoms with van der Waals surface area (Å²) in [6.07, 6.45) is 4.91. The summed E-state index contributed by atoms with van der Waals surface area (Å²) in [4.78, 5) is 15.7. The van der Waals surface area contributed by atoms with Gasteiger partial charge in [0.1, 0.15) is 11.0 Å². The summed E-state index contributed by atoms with van der Waals surface area (Å²) >= 11 is 0. The van der Waals surface area contributed by atoms with Crippen LogP contribution in [-0.4, -0.2) is 34.3 Å². The van der Waals surface area contributed by atoms with E-state index in [2.05, 4.69) is 27.4 Å². The molecular formula is C15H22N4O2. The van der Waals surface area contributed by atoms with Crippen molar-refractivity contribution in [3.8, 4) is 0 Å². The second-order valence-corrected chi connectivity index (χ2v) is 5.05. The van der Waals surface area contributed by atoms with E-state index in [0.717, 1.165) is 48.2 Å². The molecule has 0 spiro atoms. The van der Waals surface area contributed by atoms with Crippen LogP contribution in [0.2, 0.25) is 0 Å². The number of carbonyl (C=O) groups excluding carboxylic acids is 1. The molecule has 2 aromatic heterocycles. The summed E-state index contributed by atoms with van der Waals surface area (Å²) < 4.78 is 5.17. The first-order valence-electron chi connectivity index (χ1n) is 7.41. The minimum absolute atomic E-state index is 0.104. The van der Waals surface area contributed by atoms with E-state index in [1.807, 2.05) is 13.0 Å². The van der Waals surface area contributed by atoms with Crippen LogP contribution in [0.1, 0.15) is 38.3 Å². The van der Waals surface area contributed by atoms with Crippen molar-refractivity contribution in [2.24, 2.45) is 0 Å². The van der Waals surface area contributed by atoms with Crippen LogP contribution in [0, 0.1) is 6.92 Å². The van der Waals surface area contributed by atoms with Crippen LogP contribution in [0.3, 0.4) is 0 Å². The van der Waals surface area contributed by atoms with Crippen molar-refractivity contribution in [2.75, 3.05) is 18.5 Å². The number of pyridine rings is 1. The molecule has 0 radical (unpaired) electrons. The summed E-state index contributed by atoms with van der Waals surface area (Å²) in [5, 5.41) is 10.3. The smallest absolute Gasteiger partial charge is 0.305 e. The molecule has 0 aliphatic heterocycles. The lowest BCUT2D eigenvalue weighted by Crippen LogP contribution is -2.10. The molecule has 114 valence electrons. The molecule has 6 heteroatoms. The molecule has 0 saturated heterocycles. The van der Waals surface area contributed by atoms with Crippen molar-refractivity contribution in [1.82, 2.24) is 15.2 Å². The number of unbranched alkanes of at least 4 members (excludes halogenated alkanes) is 1. The number of H-pyrrole nitrogens is 1. The normalized spacial score (nSPS) is 10.8. The molecule has 0 atom stereocenters. The number of fused-ring (bicyclic) bond motifs is 1. The molecular weight excluding hydrogens is 268 g/mol. The van der Waals surface area contributed by atoms with Gasteiger partial charge in [0, 0.05) is 18.7 Å². The Bertz CT molecular complexity index is 594. The number of anilines is 1. The zero-order valence-electron chi connectivity index (χ0n) is 12.6. The van der Waals surface area contributed by atoms with E-state index in [-0.39, 0.29) is 5.97 Å². The fraction of sp³-hybridized carbons (Fsp3) is 0.533. The van der Waals surface area contributed by atoms with Gasteiger partial charge in [0.05, 0.1) is 18.5 Å². The highest BCUT2D eigenvalue weighted by Crippen LogP contribution is 2.20. The number of aromatic nitrogens is 3. The van der Waals surface area contributed by atoms with E-state index in [0.29, 0.717) is 13.0 Å². The number of aromatic amines is 1. The van der Waals surface area contributed by atoms with Gasteiger partial charge in [-0.1, -0.05) is 13.3 Å². The topological polar surface area (TPSA) is 79.9 Å². The largest absolute Gasteiger partial charge is 0.466 e. The minimum Gasteiger partial charge on any atom is -0.466 e. The summed E-state index contributed by atoms with van der Waals surface area (Å²) in [6.45, 7) is 5.20. The van der Waals surface area contributed by atoms with E-state index in [1.54, 1.807) is 6.20 Å². The third kappa shape index (κ3) is 4.44. The molecule has 0 aliphatic carbocycles. The summed E-state index contributed by atoms with van der Waals surface area (Å²) in [6, 6.07) is 1.98. The van der Waals surface area contributed by atoms with Gasteiger partial charge < -0.3 is 10.1 Å². The Morgan fingerprint density at radius 3 is 3.10 bits per heavy atom. The van der Waals surface area contributed by atoms with Crippen molar-refractivity contribution in [3.05, 3.63) is 18.0 Å². The third-order valence-electron chi connectivity index (χ3n) is 3.17. The standard InChI is InChI=1S/C15H22N4O2/c1-3-4-6-14(20)21-8-5-7-16-12-9-11(2)18-13-10-17-19-15(12)13/h9-10H,3-8H2,1-2H3,(H,16,18)(H,17,19). The first-order valence-corrected chi connectivity index (χ1v) is 7.41. The summed E-state index contributed by atoms with van der Waals surface area (Å²) in [7, 11) is 0. The number of nitrogens with zero attached hydrogens (tertiary/aromatic N) is 2. The number of esters is 1. The second kappa shape index (κ2) is 7.61. The first-order chi connectivity index (χ1) is 10.2. The van der Waals surface area contributed by atoms with E-state index >= 15 is 0 Å². The molecule has 2 rings (SSSR count). The fourth-order valence-electron chi connectivity index (χ4n) is 2.08. The van der Waals surface area contributed by atoms with Crippen LogP contribution in [0.5, 0.6) is 0 Å². The van der Waals surface area contributed by atoms with E-state index in [4.69, 9.17) is 4.74 Å². The number of nitrogens with one attached hydrogen (secondary N) is 2. The average molecular weight is 290 g/mol. The van der Waals surface area contributed by atoms with Crippen molar-refractivity contribution < 1.29 is 9.53 Å². The van der Waals surface area contributed by atoms with Crippen molar-refractivity contribution in [3.63, 3.8) is 0 Å². The van der Waals surface area contributed by atoms with Crippen LogP contribution in [0.4, 0.5) is 5.69 Å². The van der Waals surface area contributed by atoms with Crippen LogP contribution < -0.4 is 5.32 Å². The maximum Gasteiger partial charge on any atom is 0.305 e. The minimum atomic E-state index is -0.104. The van der Waals surface area contributed by atoms with Gasteiger partial charge in [-0.2, -0.15) is 5.10 Å². The van der Waals surface area contributed by atoms with E-state index < -0.39 is 0 Å². The van der Waals surface area contributed by atoms with Gasteiger partial charge in [0.25, 0.3) is 0 Å². The lowest BCUT2D eigenvalue weighted by atomic mass is 10.2. The van der Waals surface area contributed by atoms with Gasteiger partial charge in [0.2, 0.25) is 0 Å².